The van der Waals surface area contributed by atoms with Crippen molar-refractivity contribution >= 4 is 0 Å². The van der Waals surface area contributed by atoms with Crippen molar-refractivity contribution in [1.29, 1.82) is 0 Å². The summed E-state index contributed by atoms with van der Waals surface area (Å²) in [6.07, 6.45) is 6.63. The second-order valence-corrected chi connectivity index (χ2v) is 3.92. The van der Waals surface area contributed by atoms with Crippen LogP contribution in [0.1, 0.15) is 39.0 Å². The minimum atomic E-state index is 0.200. The van der Waals surface area contributed by atoms with E-state index in [-0.39, 0.29) is 6.10 Å². The van der Waals surface area contributed by atoms with Gasteiger partial charge in [0, 0.05) is 20.3 Å². The molecule has 0 heterocycles. The van der Waals surface area contributed by atoms with Crippen molar-refractivity contribution in [2.75, 3.05) is 33.9 Å². The Morgan fingerprint density at radius 1 is 1.13 bits per heavy atom. The molecule has 0 aliphatic heterocycles. The van der Waals surface area contributed by atoms with Crippen LogP contribution in [0.2, 0.25) is 0 Å². The first-order valence-electron chi connectivity index (χ1n) is 6.10. The molecule has 0 saturated carbocycles. The van der Waals surface area contributed by atoms with Crippen LogP contribution in [0.5, 0.6) is 0 Å². The Hall–Kier alpha value is -0.120. The van der Waals surface area contributed by atoms with Crippen LogP contribution in [0.3, 0.4) is 0 Å². The molecular weight excluding hydrogens is 190 g/mol. The van der Waals surface area contributed by atoms with E-state index < -0.39 is 0 Å². The molecular formula is C12H27NO2. The minimum absolute atomic E-state index is 0.200. The number of nitrogens with one attached hydrogen (secondary N) is 1. The first-order chi connectivity index (χ1) is 7.35. The van der Waals surface area contributed by atoms with Crippen LogP contribution >= 0.6 is 0 Å². The van der Waals surface area contributed by atoms with Gasteiger partial charge < -0.3 is 14.8 Å². The lowest BCUT2D eigenvalue weighted by atomic mass is 10.2. The summed E-state index contributed by atoms with van der Waals surface area (Å²) >= 11 is 0. The molecule has 0 aromatic carbocycles. The van der Waals surface area contributed by atoms with E-state index in [1.54, 1.807) is 7.11 Å². The fourth-order valence-electron chi connectivity index (χ4n) is 1.54. The van der Waals surface area contributed by atoms with Crippen molar-refractivity contribution in [3.8, 4) is 0 Å². The molecule has 1 atom stereocenters. The minimum Gasteiger partial charge on any atom is -0.382 e. The summed E-state index contributed by atoms with van der Waals surface area (Å²) in [6, 6.07) is 0. The number of ether oxygens (including phenoxy) is 2. The van der Waals surface area contributed by atoms with Gasteiger partial charge in [0.05, 0.1) is 12.7 Å². The molecule has 0 aromatic rings. The van der Waals surface area contributed by atoms with Crippen LogP contribution in [-0.2, 0) is 9.47 Å². The van der Waals surface area contributed by atoms with E-state index in [0.717, 1.165) is 13.2 Å². The van der Waals surface area contributed by atoms with Crippen molar-refractivity contribution in [3.05, 3.63) is 0 Å². The van der Waals surface area contributed by atoms with E-state index in [9.17, 15) is 0 Å². The van der Waals surface area contributed by atoms with Gasteiger partial charge in [-0.2, -0.15) is 0 Å². The summed E-state index contributed by atoms with van der Waals surface area (Å²) in [5, 5.41) is 3.11. The van der Waals surface area contributed by atoms with Gasteiger partial charge in [-0.3, -0.25) is 0 Å². The third-order valence-corrected chi connectivity index (χ3v) is 2.39. The molecule has 3 nitrogen and oxygen atoms in total. The third kappa shape index (κ3) is 10.2. The number of likely N-dealkylation sites (N-methyl/N-ethyl adjacent to an activating group) is 1. The molecule has 0 spiro atoms. The van der Waals surface area contributed by atoms with Crippen LogP contribution in [0.25, 0.3) is 0 Å². The molecule has 0 aliphatic carbocycles. The fraction of sp³-hybridized carbons (Fsp3) is 1.00. The number of hydrogen-bond donors (Lipinski definition) is 1. The molecule has 1 unspecified atom stereocenters. The summed E-state index contributed by atoms with van der Waals surface area (Å²) < 4.78 is 10.8. The van der Waals surface area contributed by atoms with Gasteiger partial charge in [0.15, 0.2) is 0 Å². The maximum absolute atomic E-state index is 5.72. The molecule has 0 fully saturated rings. The van der Waals surface area contributed by atoms with Gasteiger partial charge in [-0.15, -0.1) is 0 Å². The van der Waals surface area contributed by atoms with Gasteiger partial charge in [0.1, 0.15) is 0 Å². The number of rotatable bonds is 11. The van der Waals surface area contributed by atoms with Crippen molar-refractivity contribution in [2.24, 2.45) is 0 Å². The highest BCUT2D eigenvalue weighted by Crippen LogP contribution is 2.03. The largest absolute Gasteiger partial charge is 0.382 e. The molecule has 92 valence electrons. The highest BCUT2D eigenvalue weighted by molar-refractivity contribution is 4.58. The molecule has 0 radical (unpaired) electrons. The summed E-state index contributed by atoms with van der Waals surface area (Å²) in [5.74, 6) is 0. The van der Waals surface area contributed by atoms with Gasteiger partial charge >= 0.3 is 0 Å². The smallest absolute Gasteiger partial charge is 0.0932 e. The SMILES string of the molecule is CCCCCCCOC(CNC)COC. The third-order valence-electron chi connectivity index (χ3n) is 2.39. The van der Waals surface area contributed by atoms with Gasteiger partial charge in [0.25, 0.3) is 0 Å². The van der Waals surface area contributed by atoms with Gasteiger partial charge in [-0.1, -0.05) is 32.6 Å². The predicted molar refractivity (Wildman–Crippen MR) is 64.3 cm³/mol. The summed E-state index contributed by atoms with van der Waals surface area (Å²) in [5.41, 5.74) is 0. The van der Waals surface area contributed by atoms with E-state index in [0.29, 0.717) is 6.61 Å². The molecule has 0 rings (SSSR count). The molecule has 0 aliphatic rings. The number of hydrogen-bond acceptors (Lipinski definition) is 3. The first kappa shape index (κ1) is 14.9. The van der Waals surface area contributed by atoms with E-state index in [2.05, 4.69) is 12.2 Å². The Morgan fingerprint density at radius 3 is 2.47 bits per heavy atom. The first-order valence-corrected chi connectivity index (χ1v) is 6.10. The Morgan fingerprint density at radius 2 is 1.87 bits per heavy atom. The lowest BCUT2D eigenvalue weighted by molar-refractivity contribution is -0.00149. The van der Waals surface area contributed by atoms with Crippen molar-refractivity contribution < 1.29 is 9.47 Å². The molecule has 0 amide bonds. The highest BCUT2D eigenvalue weighted by Gasteiger charge is 2.06. The zero-order valence-electron chi connectivity index (χ0n) is 10.6. The van der Waals surface area contributed by atoms with Gasteiger partial charge in [-0.25, -0.2) is 0 Å². The maximum atomic E-state index is 5.72. The summed E-state index contributed by atoms with van der Waals surface area (Å²) in [6.45, 7) is 4.63. The Labute approximate surface area is 94.5 Å². The van der Waals surface area contributed by atoms with Gasteiger partial charge in [0.2, 0.25) is 0 Å². The maximum Gasteiger partial charge on any atom is 0.0932 e. The second-order valence-electron chi connectivity index (χ2n) is 3.92. The number of methoxy groups -OCH3 is 1. The second kappa shape index (κ2) is 12.0. The molecule has 0 aromatic heterocycles. The van der Waals surface area contributed by atoms with Gasteiger partial charge in [-0.05, 0) is 13.5 Å². The number of unbranched alkanes of at least 4 members (excludes halogenated alkanes) is 4. The van der Waals surface area contributed by atoms with Crippen molar-refractivity contribution in [1.82, 2.24) is 5.32 Å². The zero-order valence-corrected chi connectivity index (χ0v) is 10.6. The van der Waals surface area contributed by atoms with Crippen LogP contribution in [0, 0.1) is 0 Å². The highest BCUT2D eigenvalue weighted by atomic mass is 16.5. The van der Waals surface area contributed by atoms with E-state index in [4.69, 9.17) is 9.47 Å². The normalized spacial score (nSPS) is 13.0. The quantitative estimate of drug-likeness (QED) is 0.538. The molecule has 15 heavy (non-hydrogen) atoms. The topological polar surface area (TPSA) is 30.5 Å². The Balaban J connectivity index is 3.28. The Bertz CT molecular complexity index is 114. The van der Waals surface area contributed by atoms with Crippen LogP contribution in [0.4, 0.5) is 0 Å². The Kier molecular flexibility index (Phi) is 11.9. The summed E-state index contributed by atoms with van der Waals surface area (Å²) in [7, 11) is 3.65. The van der Waals surface area contributed by atoms with Crippen molar-refractivity contribution in [3.63, 3.8) is 0 Å². The monoisotopic (exact) mass is 217 g/mol. The standard InChI is InChI=1S/C12H27NO2/c1-4-5-6-7-8-9-15-12(10-13-2)11-14-3/h12-13H,4-11H2,1-3H3. The van der Waals surface area contributed by atoms with E-state index in [1.807, 2.05) is 7.05 Å². The molecule has 0 bridgehead atoms. The van der Waals surface area contributed by atoms with E-state index >= 15 is 0 Å². The summed E-state index contributed by atoms with van der Waals surface area (Å²) in [4.78, 5) is 0. The molecule has 0 saturated heterocycles. The average molecular weight is 217 g/mol. The van der Waals surface area contributed by atoms with Crippen LogP contribution in [0.15, 0.2) is 0 Å². The van der Waals surface area contributed by atoms with Crippen molar-refractivity contribution in [2.45, 2.75) is 45.1 Å². The lowest BCUT2D eigenvalue weighted by Gasteiger charge is -2.16. The predicted octanol–water partition coefficient (Wildman–Crippen LogP) is 2.21. The zero-order chi connectivity index (χ0) is 11.4. The van der Waals surface area contributed by atoms with Crippen LogP contribution in [-0.4, -0.2) is 40.0 Å². The average Bonchev–Trinajstić information content (AvgIpc) is 2.24. The lowest BCUT2D eigenvalue weighted by Crippen LogP contribution is -2.30. The molecule has 1 N–H and O–H groups in total. The van der Waals surface area contributed by atoms with Crippen LogP contribution < -0.4 is 5.32 Å². The van der Waals surface area contributed by atoms with E-state index in [1.165, 1.54) is 32.1 Å². The fourth-order valence-corrected chi connectivity index (χ4v) is 1.54. The molecule has 3 heteroatoms.